The van der Waals surface area contributed by atoms with Crippen molar-refractivity contribution in [2.75, 3.05) is 16.8 Å². The summed E-state index contributed by atoms with van der Waals surface area (Å²) in [6, 6.07) is 5.51. The number of hydrogen-bond donors (Lipinski definition) is 1. The molecule has 3 heterocycles. The van der Waals surface area contributed by atoms with Crippen molar-refractivity contribution in [3.05, 3.63) is 63.5 Å². The summed E-state index contributed by atoms with van der Waals surface area (Å²) in [6.07, 6.45) is -1.00. The van der Waals surface area contributed by atoms with Gasteiger partial charge in [-0.05, 0) is 38.7 Å². The van der Waals surface area contributed by atoms with Crippen molar-refractivity contribution in [3.63, 3.8) is 0 Å². The van der Waals surface area contributed by atoms with Crippen LogP contribution in [0.1, 0.15) is 55.7 Å². The molecule has 1 saturated heterocycles. The molecule has 0 amide bonds. The third-order valence-corrected chi connectivity index (χ3v) is 8.11. The van der Waals surface area contributed by atoms with Gasteiger partial charge in [0.2, 0.25) is 0 Å². The molecule has 1 aliphatic heterocycles. The average Bonchev–Trinajstić information content (AvgIpc) is 2.76. The van der Waals surface area contributed by atoms with E-state index in [1.807, 2.05) is 0 Å². The minimum atomic E-state index is -3.10. The fourth-order valence-corrected chi connectivity index (χ4v) is 5.94. The Hall–Kier alpha value is -2.95. The number of aryl methyl sites for hydroxylation is 1. The molecule has 3 aromatic rings. The number of fused-ring (bicyclic) bond motifs is 1. The zero-order chi connectivity index (χ0) is 24.8. The number of benzene rings is 1. The zero-order valence-electron chi connectivity index (χ0n) is 19.0. The van der Waals surface area contributed by atoms with Crippen LogP contribution in [0.3, 0.4) is 0 Å². The van der Waals surface area contributed by atoms with E-state index < -0.39 is 33.2 Å². The molecule has 1 N–H and O–H groups in total. The molecular weight excluding hydrogens is 469 g/mol. The van der Waals surface area contributed by atoms with E-state index in [9.17, 15) is 26.4 Å². The number of anilines is 1. The lowest BCUT2D eigenvalue weighted by molar-refractivity contribution is 0.146. The Morgan fingerprint density at radius 1 is 1.18 bits per heavy atom. The van der Waals surface area contributed by atoms with Crippen molar-refractivity contribution in [3.8, 4) is 0 Å². The Morgan fingerprint density at radius 2 is 1.85 bits per heavy atom. The van der Waals surface area contributed by atoms with Crippen LogP contribution in [0.4, 0.5) is 19.0 Å². The highest BCUT2D eigenvalue weighted by molar-refractivity contribution is 7.91. The normalized spacial score (nSPS) is 16.8. The summed E-state index contributed by atoms with van der Waals surface area (Å²) in [5.74, 6) is -0.890. The molecule has 0 aliphatic carbocycles. The summed E-state index contributed by atoms with van der Waals surface area (Å²) >= 11 is 0. The molecule has 0 spiro atoms. The smallest absolute Gasteiger partial charge is 0.266 e. The lowest BCUT2D eigenvalue weighted by atomic mass is 9.91. The first kappa shape index (κ1) is 24.2. The van der Waals surface area contributed by atoms with Crippen LogP contribution in [0.2, 0.25) is 0 Å². The minimum absolute atomic E-state index is 0.0159. The number of hydrogen-bond acceptors (Lipinski definition) is 6. The lowest BCUT2D eigenvalue weighted by Crippen LogP contribution is -2.31. The molecule has 0 bridgehead atoms. The molecule has 4 rings (SSSR count). The van der Waals surface area contributed by atoms with Crippen LogP contribution in [0, 0.1) is 5.82 Å². The summed E-state index contributed by atoms with van der Waals surface area (Å²) < 4.78 is 66.4. The van der Waals surface area contributed by atoms with Gasteiger partial charge in [-0.1, -0.05) is 18.2 Å². The van der Waals surface area contributed by atoms with Gasteiger partial charge in [0, 0.05) is 18.2 Å². The number of sulfone groups is 1. The maximum Gasteiger partial charge on any atom is 0.266 e. The van der Waals surface area contributed by atoms with Gasteiger partial charge in [-0.2, -0.15) is 0 Å². The second kappa shape index (κ2) is 8.68. The maximum atomic E-state index is 14.9. The number of nitrogens with zero attached hydrogens (tertiary/aromatic N) is 3. The van der Waals surface area contributed by atoms with Crippen LogP contribution in [-0.4, -0.2) is 34.5 Å². The lowest BCUT2D eigenvalue weighted by Gasteiger charge is -2.29. The summed E-state index contributed by atoms with van der Waals surface area (Å²) in [6.45, 7) is 3.28. The van der Waals surface area contributed by atoms with Gasteiger partial charge in [-0.3, -0.25) is 9.36 Å². The summed E-state index contributed by atoms with van der Waals surface area (Å²) in [7, 11) is -1.53. The first-order valence-corrected chi connectivity index (χ1v) is 12.6. The molecule has 34 heavy (non-hydrogen) atoms. The number of rotatable bonds is 5. The highest BCUT2D eigenvalue weighted by Crippen LogP contribution is 2.34. The summed E-state index contributed by atoms with van der Waals surface area (Å²) in [5, 5.41) is 3.62. The van der Waals surface area contributed by atoms with Gasteiger partial charge in [0.25, 0.3) is 12.0 Å². The minimum Gasteiger partial charge on any atom is -0.360 e. The fourth-order valence-electron chi connectivity index (χ4n) is 4.45. The van der Waals surface area contributed by atoms with Gasteiger partial charge in [-0.15, -0.1) is 0 Å². The van der Waals surface area contributed by atoms with Crippen LogP contribution in [0.25, 0.3) is 11.0 Å². The van der Waals surface area contributed by atoms with E-state index in [-0.39, 0.29) is 28.5 Å². The summed E-state index contributed by atoms with van der Waals surface area (Å²) in [4.78, 5) is 21.5. The quantitative estimate of drug-likeness (QED) is 0.575. The average molecular weight is 495 g/mol. The second-order valence-corrected chi connectivity index (χ2v) is 11.4. The number of halogens is 3. The van der Waals surface area contributed by atoms with Gasteiger partial charge in [0.05, 0.1) is 28.0 Å². The largest absolute Gasteiger partial charge is 0.360 e. The molecule has 1 fully saturated rings. The standard InChI is InChI=1S/C23H25F3N4O3S/c1-23(2,17-6-4-5-14(18(17)24)19(25)26)29-20-16-11-15(13-7-9-34(32,33)10-8-13)22(31)30(3)21(16)28-12-27-20/h4-6,11-13,19H,7-10H2,1-3H3,(H,27,28,29). The monoisotopic (exact) mass is 494 g/mol. The SMILES string of the molecule is Cn1c(=O)c(C2CCS(=O)(=O)CC2)cc2c(NC(C)(C)c3cccc(C(F)F)c3F)ncnc21. The van der Waals surface area contributed by atoms with Crippen molar-refractivity contribution in [1.82, 2.24) is 14.5 Å². The van der Waals surface area contributed by atoms with E-state index in [2.05, 4.69) is 15.3 Å². The second-order valence-electron chi connectivity index (χ2n) is 9.11. The third-order valence-electron chi connectivity index (χ3n) is 6.39. The van der Waals surface area contributed by atoms with Gasteiger partial charge in [0.1, 0.15) is 33.4 Å². The molecule has 182 valence electrons. The van der Waals surface area contributed by atoms with Crippen molar-refractivity contribution < 1.29 is 21.6 Å². The van der Waals surface area contributed by atoms with Crippen molar-refractivity contribution in [2.45, 2.75) is 44.6 Å². The predicted molar refractivity (Wildman–Crippen MR) is 123 cm³/mol. The van der Waals surface area contributed by atoms with E-state index in [1.54, 1.807) is 27.0 Å². The van der Waals surface area contributed by atoms with Crippen LogP contribution in [0.15, 0.2) is 35.4 Å². The highest BCUT2D eigenvalue weighted by atomic mass is 32.2. The molecule has 11 heteroatoms. The van der Waals surface area contributed by atoms with Crippen LogP contribution in [0.5, 0.6) is 0 Å². The van der Waals surface area contributed by atoms with E-state index >= 15 is 0 Å². The summed E-state index contributed by atoms with van der Waals surface area (Å²) in [5.41, 5.74) is -1.24. The van der Waals surface area contributed by atoms with Crippen LogP contribution >= 0.6 is 0 Å². The number of alkyl halides is 2. The third kappa shape index (κ3) is 4.40. The predicted octanol–water partition coefficient (Wildman–Crippen LogP) is 4.04. The maximum absolute atomic E-state index is 14.9. The fraction of sp³-hybridized carbons (Fsp3) is 0.435. The van der Waals surface area contributed by atoms with Crippen LogP contribution < -0.4 is 10.9 Å². The molecular formula is C23H25F3N4O3S. The molecule has 0 radical (unpaired) electrons. The van der Waals surface area contributed by atoms with E-state index in [0.29, 0.717) is 35.3 Å². The number of nitrogens with one attached hydrogen (secondary N) is 1. The first-order chi connectivity index (χ1) is 15.9. The Kier molecular flexibility index (Phi) is 6.17. The van der Waals surface area contributed by atoms with Crippen molar-refractivity contribution >= 4 is 26.7 Å². The molecule has 0 saturated carbocycles. The topological polar surface area (TPSA) is 94.0 Å². The van der Waals surface area contributed by atoms with E-state index in [4.69, 9.17) is 0 Å². The number of aromatic nitrogens is 3. The molecule has 1 aromatic carbocycles. The Morgan fingerprint density at radius 3 is 2.50 bits per heavy atom. The highest BCUT2D eigenvalue weighted by Gasteiger charge is 2.30. The van der Waals surface area contributed by atoms with Crippen molar-refractivity contribution in [1.29, 1.82) is 0 Å². The Balaban J connectivity index is 1.79. The van der Waals surface area contributed by atoms with Gasteiger partial charge < -0.3 is 5.32 Å². The Labute approximate surface area is 195 Å². The van der Waals surface area contributed by atoms with Crippen molar-refractivity contribution in [2.24, 2.45) is 7.05 Å². The van der Waals surface area contributed by atoms with E-state index in [0.717, 1.165) is 6.07 Å². The molecule has 2 aromatic heterocycles. The molecule has 0 unspecified atom stereocenters. The van der Waals surface area contributed by atoms with Gasteiger partial charge in [-0.25, -0.2) is 31.6 Å². The molecule has 1 aliphatic rings. The van der Waals surface area contributed by atoms with Gasteiger partial charge >= 0.3 is 0 Å². The van der Waals surface area contributed by atoms with E-state index in [1.165, 1.54) is 23.0 Å². The first-order valence-electron chi connectivity index (χ1n) is 10.8. The molecule has 0 atom stereocenters. The zero-order valence-corrected chi connectivity index (χ0v) is 19.8. The number of pyridine rings is 1. The molecule has 7 nitrogen and oxygen atoms in total. The van der Waals surface area contributed by atoms with Crippen LogP contribution in [-0.2, 0) is 22.4 Å². The Bertz CT molecular complexity index is 1410. The van der Waals surface area contributed by atoms with Gasteiger partial charge in [0.15, 0.2) is 0 Å².